The molecule has 0 fully saturated rings. The molecule has 0 bridgehead atoms. The molecule has 0 spiro atoms. The maximum Gasteiger partial charge on any atom is 0.134 e. The minimum Gasteiger partial charge on any atom is -0.362 e. The molecule has 1 aromatic carbocycles. The number of hydrogen-bond acceptors (Lipinski definition) is 3. The highest BCUT2D eigenvalue weighted by Gasteiger charge is 2.09. The summed E-state index contributed by atoms with van der Waals surface area (Å²) in [4.78, 5) is 7.15. The molecule has 0 radical (unpaired) electrons. The van der Waals surface area contributed by atoms with Gasteiger partial charge in [-0.1, -0.05) is 24.3 Å². The molecule has 96 valence electrons. The van der Waals surface area contributed by atoms with Gasteiger partial charge >= 0.3 is 0 Å². The number of pyridine rings is 1. The monoisotopic (exact) mass is 268 g/mol. The van der Waals surface area contributed by atoms with E-state index < -0.39 is 0 Å². The van der Waals surface area contributed by atoms with E-state index >= 15 is 0 Å². The lowest BCUT2D eigenvalue weighted by Crippen LogP contribution is -2.06. The Morgan fingerprint density at radius 2 is 1.95 bits per heavy atom. The van der Waals surface area contributed by atoms with E-state index in [0.717, 1.165) is 5.82 Å². The number of benzene rings is 1. The van der Waals surface area contributed by atoms with Crippen LogP contribution in [0.4, 0.5) is 5.82 Å². The first-order valence-electron chi connectivity index (χ1n) is 6.40. The fourth-order valence-corrected chi connectivity index (χ4v) is 3.08. The number of thiophene rings is 1. The average Bonchev–Trinajstić information content (AvgIpc) is 2.86. The van der Waals surface area contributed by atoms with Gasteiger partial charge in [0.05, 0.1) is 6.04 Å². The number of nitrogens with one attached hydrogen (secondary N) is 1. The molecular formula is C16H16N2S. The van der Waals surface area contributed by atoms with Crippen LogP contribution in [-0.4, -0.2) is 4.98 Å². The summed E-state index contributed by atoms with van der Waals surface area (Å²) in [6.45, 7) is 4.31. The highest BCUT2D eigenvalue weighted by molar-refractivity contribution is 7.12. The highest BCUT2D eigenvalue weighted by atomic mass is 32.1. The van der Waals surface area contributed by atoms with Gasteiger partial charge in [0.1, 0.15) is 5.82 Å². The molecule has 0 amide bonds. The van der Waals surface area contributed by atoms with Gasteiger partial charge in [-0.2, -0.15) is 0 Å². The van der Waals surface area contributed by atoms with Gasteiger partial charge in [0.15, 0.2) is 0 Å². The van der Waals surface area contributed by atoms with Crippen LogP contribution in [0.15, 0.2) is 48.7 Å². The molecule has 0 aliphatic carbocycles. The van der Waals surface area contributed by atoms with Crippen molar-refractivity contribution in [2.24, 2.45) is 0 Å². The molecule has 1 N–H and O–H groups in total. The second-order valence-electron chi connectivity index (χ2n) is 4.70. The molecule has 1 unspecified atom stereocenters. The molecule has 0 aliphatic rings. The molecule has 1 atom stereocenters. The van der Waals surface area contributed by atoms with Gasteiger partial charge in [0, 0.05) is 21.3 Å². The van der Waals surface area contributed by atoms with Crippen LogP contribution in [0.1, 0.15) is 22.7 Å². The standard InChI is InChI=1S/C16H16N2S/c1-11-7-8-15(19-11)12(2)18-16-14-6-4-3-5-13(14)9-10-17-16/h3-10,12H,1-2H3,(H,17,18). The SMILES string of the molecule is Cc1ccc(C(C)Nc2nccc3ccccc23)s1. The van der Waals surface area contributed by atoms with Crippen LogP contribution in [0.3, 0.4) is 0 Å². The quantitative estimate of drug-likeness (QED) is 0.739. The van der Waals surface area contributed by atoms with E-state index in [1.54, 1.807) is 0 Å². The molecule has 2 heterocycles. The van der Waals surface area contributed by atoms with Gasteiger partial charge in [-0.25, -0.2) is 4.98 Å². The van der Waals surface area contributed by atoms with Gasteiger partial charge < -0.3 is 5.32 Å². The minimum absolute atomic E-state index is 0.275. The molecule has 3 rings (SSSR count). The summed E-state index contributed by atoms with van der Waals surface area (Å²) < 4.78 is 0. The summed E-state index contributed by atoms with van der Waals surface area (Å²) in [7, 11) is 0. The van der Waals surface area contributed by atoms with Crippen molar-refractivity contribution in [2.75, 3.05) is 5.32 Å². The third kappa shape index (κ3) is 2.47. The van der Waals surface area contributed by atoms with Gasteiger partial charge in [0.25, 0.3) is 0 Å². The maximum absolute atomic E-state index is 4.47. The zero-order valence-electron chi connectivity index (χ0n) is 11.1. The number of nitrogens with zero attached hydrogens (tertiary/aromatic N) is 1. The Labute approximate surface area is 117 Å². The number of rotatable bonds is 3. The van der Waals surface area contributed by atoms with Crippen LogP contribution in [0, 0.1) is 6.92 Å². The van der Waals surface area contributed by atoms with Crippen LogP contribution in [0.25, 0.3) is 10.8 Å². The second kappa shape index (κ2) is 5.02. The first kappa shape index (κ1) is 12.2. The number of anilines is 1. The van der Waals surface area contributed by atoms with Gasteiger partial charge in [-0.15, -0.1) is 11.3 Å². The van der Waals surface area contributed by atoms with Crippen molar-refractivity contribution in [1.82, 2.24) is 4.98 Å². The number of aromatic nitrogens is 1. The Morgan fingerprint density at radius 1 is 1.11 bits per heavy atom. The first-order chi connectivity index (χ1) is 9.24. The smallest absolute Gasteiger partial charge is 0.134 e. The molecule has 2 nitrogen and oxygen atoms in total. The largest absolute Gasteiger partial charge is 0.362 e. The molecule has 3 aromatic rings. The normalized spacial score (nSPS) is 12.5. The topological polar surface area (TPSA) is 24.9 Å². The lowest BCUT2D eigenvalue weighted by Gasteiger charge is -2.14. The van der Waals surface area contributed by atoms with Gasteiger partial charge in [-0.05, 0) is 37.4 Å². The van der Waals surface area contributed by atoms with E-state index in [2.05, 4.69) is 60.5 Å². The van der Waals surface area contributed by atoms with E-state index in [-0.39, 0.29) is 6.04 Å². The van der Waals surface area contributed by atoms with Crippen LogP contribution in [-0.2, 0) is 0 Å². The van der Waals surface area contributed by atoms with E-state index in [1.807, 2.05) is 23.6 Å². The summed E-state index contributed by atoms with van der Waals surface area (Å²) >= 11 is 1.83. The predicted molar refractivity (Wildman–Crippen MR) is 82.8 cm³/mol. The van der Waals surface area contributed by atoms with Crippen molar-refractivity contribution >= 4 is 27.9 Å². The summed E-state index contributed by atoms with van der Waals surface area (Å²) in [6, 6.07) is 15.0. The van der Waals surface area contributed by atoms with E-state index in [1.165, 1.54) is 20.5 Å². The van der Waals surface area contributed by atoms with Crippen LogP contribution in [0.5, 0.6) is 0 Å². The second-order valence-corrected chi connectivity index (χ2v) is 6.01. The predicted octanol–water partition coefficient (Wildman–Crippen LogP) is 4.78. The van der Waals surface area contributed by atoms with Crippen LogP contribution in [0.2, 0.25) is 0 Å². The molecule has 3 heteroatoms. The van der Waals surface area contributed by atoms with Gasteiger partial charge in [0.2, 0.25) is 0 Å². The summed E-state index contributed by atoms with van der Waals surface area (Å²) in [5, 5.41) is 5.90. The van der Waals surface area contributed by atoms with Crippen molar-refractivity contribution in [3.63, 3.8) is 0 Å². The minimum atomic E-state index is 0.275. The number of fused-ring (bicyclic) bond motifs is 1. The molecule has 2 aromatic heterocycles. The third-order valence-corrected chi connectivity index (χ3v) is 4.40. The summed E-state index contributed by atoms with van der Waals surface area (Å²) in [6.07, 6.45) is 1.86. The first-order valence-corrected chi connectivity index (χ1v) is 7.22. The lowest BCUT2D eigenvalue weighted by atomic mass is 10.1. The van der Waals surface area contributed by atoms with E-state index in [0.29, 0.717) is 0 Å². The van der Waals surface area contributed by atoms with Crippen molar-refractivity contribution < 1.29 is 0 Å². The maximum atomic E-state index is 4.47. The van der Waals surface area contributed by atoms with E-state index in [4.69, 9.17) is 0 Å². The van der Waals surface area contributed by atoms with Crippen molar-refractivity contribution in [3.05, 3.63) is 58.4 Å². The average molecular weight is 268 g/mol. The molecule has 0 saturated heterocycles. The molecule has 0 saturated carbocycles. The Bertz CT molecular complexity index is 697. The third-order valence-electron chi connectivity index (χ3n) is 3.21. The van der Waals surface area contributed by atoms with Crippen molar-refractivity contribution in [2.45, 2.75) is 19.9 Å². The number of hydrogen-bond donors (Lipinski definition) is 1. The molecule has 0 aliphatic heterocycles. The summed E-state index contributed by atoms with van der Waals surface area (Å²) in [5.41, 5.74) is 0. The van der Waals surface area contributed by atoms with Crippen molar-refractivity contribution in [3.8, 4) is 0 Å². The van der Waals surface area contributed by atoms with Crippen LogP contribution < -0.4 is 5.32 Å². The Morgan fingerprint density at radius 3 is 2.74 bits per heavy atom. The van der Waals surface area contributed by atoms with Crippen LogP contribution >= 0.6 is 11.3 Å². The zero-order valence-corrected chi connectivity index (χ0v) is 11.9. The zero-order chi connectivity index (χ0) is 13.2. The Balaban J connectivity index is 1.93. The van der Waals surface area contributed by atoms with E-state index in [9.17, 15) is 0 Å². The summed E-state index contributed by atoms with van der Waals surface area (Å²) in [5.74, 6) is 0.955. The van der Waals surface area contributed by atoms with Crippen molar-refractivity contribution in [1.29, 1.82) is 0 Å². The highest BCUT2D eigenvalue weighted by Crippen LogP contribution is 2.28. The molecular weight excluding hydrogens is 252 g/mol. The fourth-order valence-electron chi connectivity index (χ4n) is 2.20. The fraction of sp³-hybridized carbons (Fsp3) is 0.188. The van der Waals surface area contributed by atoms with Gasteiger partial charge in [-0.3, -0.25) is 0 Å². The number of aryl methyl sites for hydroxylation is 1. The Hall–Kier alpha value is -1.87. The lowest BCUT2D eigenvalue weighted by molar-refractivity contribution is 0.900. The Kier molecular flexibility index (Phi) is 3.22. The molecule has 19 heavy (non-hydrogen) atoms.